The van der Waals surface area contributed by atoms with Crippen LogP contribution in [-0.2, 0) is 23.7 Å². The number of nitrogens with zero attached hydrogens (tertiary/aromatic N) is 4. The molecule has 4 aliphatic rings. The fraction of sp³-hybridized carbons (Fsp3) is 0.389. The van der Waals surface area contributed by atoms with Gasteiger partial charge in [-0.15, -0.1) is 0 Å². The summed E-state index contributed by atoms with van der Waals surface area (Å²) < 4.78 is 27.6. The van der Waals surface area contributed by atoms with Crippen LogP contribution < -0.4 is 22.5 Å². The van der Waals surface area contributed by atoms with Crippen LogP contribution in [0.1, 0.15) is 30.2 Å². The Hall–Kier alpha value is -6.34. The Balaban J connectivity index is 0.000000235. The monoisotopic (exact) mass is 958 g/mol. The van der Waals surface area contributed by atoms with Crippen molar-refractivity contribution in [2.75, 3.05) is 20.7 Å². The van der Waals surface area contributed by atoms with Gasteiger partial charge >= 0.3 is 13.5 Å². The number of H-pyrrole nitrogens is 3. The first-order chi connectivity index (χ1) is 30.2. The van der Waals surface area contributed by atoms with Crippen molar-refractivity contribution in [3.63, 3.8) is 0 Å². The second kappa shape index (κ2) is 19.6. The molecule has 3 aliphatic carbocycles. The van der Waals surface area contributed by atoms with Crippen molar-refractivity contribution in [2.45, 2.75) is 55.1 Å². The largest absolute Gasteiger partial charge is 0.508 e. The standard InChI is InChI=1S/C22H24N2O8.C10H12N4O5.C4H3FN2O2.H3O4P.H2O/c1-7-8-5-4-6-9(25)11(8)16(26)12-10(7)17(27)14-15(24(2)3)18(28)13(21(23)31)20(30)22(14,32)19(12)29;15-1-4-6(16)7(17)10(19-4)14-3-13-5-8(14)11-2-12-9(5)18;5-2-1-6-4(9)7-3(2)8;1-5(2,3)4;/h4-7,10,14-15,17,25-27,30,32H,1-3H3,(H2,23,31);2-4,6-7,10,15-17H,1H2,(H,11,12,18);1H,(H2,6,7,8,9);(H3,1,2,3,4);1H2/t7-,10+,14+,15-,17-,22-;4-,6-,7-,10-;;;/m01.../s1. The number of carbonyl (C=O) groups excluding carboxylic acids is 3. The molecule has 3 aromatic heterocycles. The predicted molar refractivity (Wildman–Crippen MR) is 217 cm³/mol. The molecule has 30 heteroatoms. The lowest BCUT2D eigenvalue weighted by Crippen LogP contribution is -2.70. The third-order valence-electron chi connectivity index (χ3n) is 10.9. The molecule has 8 rings (SSSR count). The number of aliphatic hydroxyl groups excluding tert-OH is 6. The number of halogens is 1. The number of aromatic amines is 3. The summed E-state index contributed by atoms with van der Waals surface area (Å²) in [5.74, 6) is -9.86. The number of carbonyl (C=O) groups is 3. The Kier molecular flexibility index (Phi) is 15.6. The minimum atomic E-state index is -4.64. The van der Waals surface area contributed by atoms with E-state index in [9.17, 15) is 68.9 Å². The van der Waals surface area contributed by atoms with Gasteiger partial charge in [0.1, 0.15) is 41.2 Å². The summed E-state index contributed by atoms with van der Waals surface area (Å²) in [5.41, 5.74) is -0.300. The number of rotatable bonds is 4. The number of nitrogens with one attached hydrogen (secondary N) is 3. The van der Waals surface area contributed by atoms with Crippen molar-refractivity contribution >= 4 is 42.2 Å². The zero-order valence-electron chi connectivity index (χ0n) is 34.2. The molecule has 4 aromatic rings. The highest BCUT2D eigenvalue weighted by atomic mass is 31.2. The summed E-state index contributed by atoms with van der Waals surface area (Å²) in [4.78, 5) is 107. The predicted octanol–water partition coefficient (Wildman–Crippen LogP) is -5.32. The molecule has 18 N–H and O–H groups in total. The number of nitrogens with two attached hydrogens (primary N) is 1. The van der Waals surface area contributed by atoms with Gasteiger partial charge in [0.2, 0.25) is 11.6 Å². The number of likely N-dealkylation sites (N-methyl/N-ethyl adjacent to an activating group) is 1. The number of ether oxygens (including phenoxy) is 1. The first kappa shape index (κ1) is 52.3. The number of hydrogen-bond donors (Lipinski definition) is 15. The van der Waals surface area contributed by atoms with Gasteiger partial charge in [0.05, 0.1) is 42.9 Å². The molecule has 28 nitrogen and oxygen atoms in total. The summed E-state index contributed by atoms with van der Waals surface area (Å²) in [7, 11) is -1.72. The number of imidazole rings is 1. The topological polar surface area (TPSA) is 490 Å². The SMILES string of the molecule is C[C@H]1c2cccc(O)c2C(O)=C2C(=O)[C@]3(O)C(O)=C(C(N)=O)C(=O)[C@@H](N(C)C)[C@@H]3[C@@H](O)[C@@H]21.O.O=P(O)(O)O.O=c1[nH]cc(F)c(=O)[nH]1.O=c1[nH]cnc2c1ncn2[C@@H]1O[C@H](CO)[C@@H](O)[C@H]1O. The van der Waals surface area contributed by atoms with E-state index < -0.39 is 137 Å². The normalized spacial score (nSPS) is 27.8. The average Bonchev–Trinajstić information content (AvgIpc) is 3.77. The number of aromatic hydroxyl groups is 1. The number of amides is 1. The van der Waals surface area contributed by atoms with Crippen LogP contribution in [-0.4, -0.2) is 170 Å². The first-order valence-corrected chi connectivity index (χ1v) is 20.2. The molecule has 4 heterocycles. The molecule has 0 bridgehead atoms. The summed E-state index contributed by atoms with van der Waals surface area (Å²) in [6, 6.07) is 3.13. The van der Waals surface area contributed by atoms with Gasteiger partial charge in [-0.05, 0) is 31.6 Å². The third-order valence-corrected chi connectivity index (χ3v) is 10.9. The molecule has 0 radical (unpaired) electrons. The Bertz CT molecular complexity index is 2810. The minimum Gasteiger partial charge on any atom is -0.508 e. The Morgan fingerprint density at radius 2 is 1.62 bits per heavy atom. The Morgan fingerprint density at radius 1 is 1.00 bits per heavy atom. The van der Waals surface area contributed by atoms with Crippen LogP contribution in [0.5, 0.6) is 5.75 Å². The van der Waals surface area contributed by atoms with E-state index in [1.165, 1.54) is 42.3 Å². The van der Waals surface area contributed by atoms with E-state index in [4.69, 9.17) is 34.8 Å². The minimum absolute atomic E-state index is 0. The summed E-state index contributed by atoms with van der Waals surface area (Å²) in [6.07, 6.45) is -2.66. The van der Waals surface area contributed by atoms with Gasteiger partial charge in [0.15, 0.2) is 28.8 Å². The number of phenolic OH excluding ortho intramolecular Hbond substituents is 1. The molecule has 2 fully saturated rings. The van der Waals surface area contributed by atoms with Gasteiger partial charge in [-0.1, -0.05) is 19.1 Å². The van der Waals surface area contributed by atoms with E-state index in [0.29, 0.717) is 11.8 Å². The zero-order valence-corrected chi connectivity index (χ0v) is 35.1. The summed E-state index contributed by atoms with van der Waals surface area (Å²) >= 11 is 0. The van der Waals surface area contributed by atoms with Gasteiger partial charge in [-0.2, -0.15) is 4.39 Å². The maximum absolute atomic E-state index is 13.7. The van der Waals surface area contributed by atoms with Crippen molar-refractivity contribution in [2.24, 2.45) is 17.6 Å². The molecule has 1 aromatic carbocycles. The molecule has 1 saturated heterocycles. The van der Waals surface area contributed by atoms with Crippen LogP contribution >= 0.6 is 7.82 Å². The van der Waals surface area contributed by atoms with E-state index in [2.05, 4.69) is 15.0 Å². The van der Waals surface area contributed by atoms with Gasteiger partial charge in [-0.25, -0.2) is 19.3 Å². The molecule has 10 atom stereocenters. The molecule has 66 heavy (non-hydrogen) atoms. The molecule has 1 aliphatic heterocycles. The number of benzene rings is 1. The van der Waals surface area contributed by atoms with Gasteiger partial charge in [0, 0.05) is 17.7 Å². The summed E-state index contributed by atoms with van der Waals surface area (Å²) in [5, 5.41) is 83.5. The number of aliphatic hydroxyl groups is 7. The smallest absolute Gasteiger partial charge is 0.466 e. The molecule has 1 saturated carbocycles. The lowest BCUT2D eigenvalue weighted by Gasteiger charge is -2.53. The average molecular weight is 959 g/mol. The van der Waals surface area contributed by atoms with Crippen LogP contribution in [0.4, 0.5) is 4.39 Å². The van der Waals surface area contributed by atoms with Gasteiger partial charge < -0.3 is 81.4 Å². The van der Waals surface area contributed by atoms with Crippen LogP contribution in [0, 0.1) is 17.7 Å². The highest BCUT2D eigenvalue weighted by Crippen LogP contribution is 2.56. The summed E-state index contributed by atoms with van der Waals surface area (Å²) in [6.45, 7) is 1.26. The van der Waals surface area contributed by atoms with E-state index in [0.717, 1.165) is 0 Å². The Labute approximate surface area is 366 Å². The zero-order chi connectivity index (χ0) is 48.8. The van der Waals surface area contributed by atoms with Crippen LogP contribution in [0.15, 0.2) is 68.3 Å². The number of ketones is 2. The lowest BCUT2D eigenvalue weighted by atomic mass is 9.54. The molecule has 1 amide bonds. The van der Waals surface area contributed by atoms with Crippen molar-refractivity contribution in [1.82, 2.24) is 34.4 Å². The fourth-order valence-corrected chi connectivity index (χ4v) is 8.13. The third kappa shape index (κ3) is 9.49. The molecule has 360 valence electrons. The highest BCUT2D eigenvalue weighted by Gasteiger charge is 2.68. The van der Waals surface area contributed by atoms with Crippen LogP contribution in [0.25, 0.3) is 16.9 Å². The maximum atomic E-state index is 13.7. The van der Waals surface area contributed by atoms with E-state index >= 15 is 0 Å². The van der Waals surface area contributed by atoms with Crippen molar-refractivity contribution in [3.8, 4) is 5.75 Å². The van der Waals surface area contributed by atoms with E-state index in [1.807, 2.05) is 4.98 Å². The van der Waals surface area contributed by atoms with Gasteiger partial charge in [0.25, 0.3) is 17.0 Å². The number of phosphoric acid groups is 1. The molecule has 0 unspecified atom stereocenters. The van der Waals surface area contributed by atoms with Crippen molar-refractivity contribution in [3.05, 3.63) is 102 Å². The van der Waals surface area contributed by atoms with Crippen LogP contribution in [0.2, 0.25) is 0 Å². The number of hydrogen-bond acceptors (Lipinski definition) is 19. The second-order valence-electron chi connectivity index (χ2n) is 15.0. The number of phenols is 1. The number of primary amides is 1. The lowest BCUT2D eigenvalue weighted by molar-refractivity contribution is -0.169. The number of fused-ring (bicyclic) bond motifs is 4. The quantitative estimate of drug-likeness (QED) is 0.0671. The molecular formula is C36H44FN8O20P. The van der Waals surface area contributed by atoms with Gasteiger partial charge in [-0.3, -0.25) is 38.4 Å². The van der Waals surface area contributed by atoms with Crippen LogP contribution in [0.3, 0.4) is 0 Å². The molecular weight excluding hydrogens is 914 g/mol. The molecule has 0 spiro atoms. The highest BCUT2D eigenvalue weighted by molar-refractivity contribution is 7.45. The van der Waals surface area contributed by atoms with E-state index in [1.54, 1.807) is 24.0 Å². The first-order valence-electron chi connectivity index (χ1n) is 18.6. The fourth-order valence-electron chi connectivity index (χ4n) is 8.13. The number of Topliss-reactive ketones (excluding diaryl/α,β-unsaturated/α-hetero) is 2. The second-order valence-corrected chi connectivity index (χ2v) is 16.0. The van der Waals surface area contributed by atoms with E-state index in [-0.39, 0.29) is 28.0 Å². The number of aromatic nitrogens is 6. The van der Waals surface area contributed by atoms with Crippen molar-refractivity contribution < 1.29 is 89.1 Å². The maximum Gasteiger partial charge on any atom is 0.466 e. The van der Waals surface area contributed by atoms with Crippen molar-refractivity contribution in [1.29, 1.82) is 0 Å². The Morgan fingerprint density at radius 3 is 2.15 bits per heavy atom.